The number of aryl methyl sites for hydroxylation is 1. The van der Waals surface area contributed by atoms with Crippen molar-refractivity contribution in [2.75, 3.05) is 26.2 Å². The number of aromatic nitrogens is 4. The molecule has 2 aliphatic rings. The standard InChI is InChI=1S/C26H29FN6O/c1-3-15-10-24(34)20(27)11-19(15)16-5-6-18-22(9-16)30-31-25(18)26-28-21-7-8-33(14-23(21)29-26)17-12-32(4-2)13-17/h5-6,9-11,17,34H,3-4,7-8,12-14H2,1-2H3,(H,28,29)(H,30,31). The molecule has 0 aliphatic carbocycles. The molecule has 7 nitrogen and oxygen atoms in total. The Kier molecular flexibility index (Phi) is 5.15. The lowest BCUT2D eigenvalue weighted by Crippen LogP contribution is -2.59. The van der Waals surface area contributed by atoms with Crippen molar-refractivity contribution in [3.63, 3.8) is 0 Å². The zero-order chi connectivity index (χ0) is 23.4. The summed E-state index contributed by atoms with van der Waals surface area (Å²) in [6.07, 6.45) is 1.65. The number of likely N-dealkylation sites (N-methyl/N-ethyl adjacent to an activating group) is 1. The Hall–Kier alpha value is -3.23. The Morgan fingerprint density at radius 2 is 2.03 bits per heavy atom. The smallest absolute Gasteiger partial charge is 0.165 e. The molecule has 3 N–H and O–H groups in total. The molecule has 8 heteroatoms. The first-order valence-electron chi connectivity index (χ1n) is 12.1. The SMILES string of the molecule is CCc1cc(O)c(F)cc1-c1ccc2c(-c3nc4c([nH]3)CN(C3CN(CC)C3)CC4)n[nH]c2c1. The van der Waals surface area contributed by atoms with E-state index in [0.29, 0.717) is 12.5 Å². The lowest BCUT2D eigenvalue weighted by Gasteiger charge is -2.46. The van der Waals surface area contributed by atoms with Crippen LogP contribution in [0.4, 0.5) is 4.39 Å². The van der Waals surface area contributed by atoms with E-state index in [0.717, 1.165) is 84.0 Å². The Labute approximate surface area is 197 Å². The fraction of sp³-hybridized carbons (Fsp3) is 0.385. The summed E-state index contributed by atoms with van der Waals surface area (Å²) < 4.78 is 14.1. The van der Waals surface area contributed by atoms with Crippen LogP contribution in [-0.4, -0.2) is 67.3 Å². The molecule has 0 saturated carbocycles. The Morgan fingerprint density at radius 3 is 2.82 bits per heavy atom. The third-order valence-corrected chi connectivity index (χ3v) is 7.41. The van der Waals surface area contributed by atoms with Gasteiger partial charge in [-0.25, -0.2) is 9.37 Å². The molecule has 6 rings (SSSR count). The first kappa shape index (κ1) is 21.3. The number of benzene rings is 2. The lowest BCUT2D eigenvalue weighted by atomic mass is 9.96. The summed E-state index contributed by atoms with van der Waals surface area (Å²) in [7, 11) is 0. The number of rotatable bonds is 5. The van der Waals surface area contributed by atoms with E-state index in [2.05, 4.69) is 31.9 Å². The highest BCUT2D eigenvalue weighted by atomic mass is 19.1. The second-order valence-electron chi connectivity index (χ2n) is 9.38. The summed E-state index contributed by atoms with van der Waals surface area (Å²) in [5.74, 6) is -0.137. The van der Waals surface area contributed by atoms with E-state index in [1.807, 2.05) is 25.1 Å². The Morgan fingerprint density at radius 1 is 1.18 bits per heavy atom. The van der Waals surface area contributed by atoms with Crippen molar-refractivity contribution < 1.29 is 9.50 Å². The topological polar surface area (TPSA) is 84.1 Å². The minimum absolute atomic E-state index is 0.314. The molecule has 176 valence electrons. The van der Waals surface area contributed by atoms with Gasteiger partial charge in [0.25, 0.3) is 0 Å². The molecule has 2 aliphatic heterocycles. The number of phenolic OH excluding ortho intramolecular Hbond substituents is 1. The van der Waals surface area contributed by atoms with E-state index in [1.54, 1.807) is 0 Å². The highest BCUT2D eigenvalue weighted by Gasteiger charge is 2.33. The maximum atomic E-state index is 14.1. The number of phenols is 1. The molecule has 0 amide bonds. The number of nitrogens with zero attached hydrogens (tertiary/aromatic N) is 4. The van der Waals surface area contributed by atoms with Crippen LogP contribution < -0.4 is 0 Å². The molecule has 1 fully saturated rings. The van der Waals surface area contributed by atoms with Crippen LogP contribution in [-0.2, 0) is 19.4 Å². The van der Waals surface area contributed by atoms with Crippen molar-refractivity contribution in [2.24, 2.45) is 0 Å². The number of aromatic amines is 2. The van der Waals surface area contributed by atoms with Gasteiger partial charge < -0.3 is 15.0 Å². The number of fused-ring (bicyclic) bond motifs is 2. The van der Waals surface area contributed by atoms with Crippen LogP contribution in [0.15, 0.2) is 30.3 Å². The molecule has 1 saturated heterocycles. The molecule has 0 unspecified atom stereocenters. The van der Waals surface area contributed by atoms with E-state index in [9.17, 15) is 9.50 Å². The van der Waals surface area contributed by atoms with Gasteiger partial charge in [-0.2, -0.15) is 5.10 Å². The van der Waals surface area contributed by atoms with Crippen LogP contribution in [0.5, 0.6) is 5.75 Å². The molecule has 34 heavy (non-hydrogen) atoms. The highest BCUT2D eigenvalue weighted by molar-refractivity contribution is 5.94. The summed E-state index contributed by atoms with van der Waals surface area (Å²) in [6.45, 7) is 9.60. The molecule has 4 aromatic rings. The molecule has 0 radical (unpaired) electrons. The van der Waals surface area contributed by atoms with Crippen molar-refractivity contribution in [3.8, 4) is 28.4 Å². The third-order valence-electron chi connectivity index (χ3n) is 7.41. The van der Waals surface area contributed by atoms with Gasteiger partial charge in [-0.15, -0.1) is 0 Å². The lowest BCUT2D eigenvalue weighted by molar-refractivity contribution is 0.0287. The van der Waals surface area contributed by atoms with Crippen molar-refractivity contribution in [1.29, 1.82) is 0 Å². The van der Waals surface area contributed by atoms with Crippen molar-refractivity contribution in [1.82, 2.24) is 30.0 Å². The van der Waals surface area contributed by atoms with Gasteiger partial charge in [-0.1, -0.05) is 19.9 Å². The van der Waals surface area contributed by atoms with E-state index < -0.39 is 5.82 Å². The second-order valence-corrected chi connectivity index (χ2v) is 9.38. The zero-order valence-electron chi connectivity index (χ0n) is 19.5. The van der Waals surface area contributed by atoms with Gasteiger partial charge in [0.05, 0.1) is 16.9 Å². The van der Waals surface area contributed by atoms with Crippen LogP contribution >= 0.6 is 0 Å². The number of aromatic hydroxyl groups is 1. The van der Waals surface area contributed by atoms with Gasteiger partial charge in [0, 0.05) is 44.0 Å². The van der Waals surface area contributed by atoms with Gasteiger partial charge in [-0.3, -0.25) is 10.00 Å². The summed E-state index contributed by atoms with van der Waals surface area (Å²) in [5, 5.41) is 18.4. The number of halogens is 1. The molecule has 0 spiro atoms. The fourth-order valence-corrected chi connectivity index (χ4v) is 5.30. The predicted molar refractivity (Wildman–Crippen MR) is 130 cm³/mol. The summed E-state index contributed by atoms with van der Waals surface area (Å²) >= 11 is 0. The predicted octanol–water partition coefficient (Wildman–Crippen LogP) is 4.09. The molecule has 0 bridgehead atoms. The fourth-order valence-electron chi connectivity index (χ4n) is 5.30. The number of nitrogens with one attached hydrogen (secondary N) is 2. The zero-order valence-corrected chi connectivity index (χ0v) is 19.5. The van der Waals surface area contributed by atoms with Crippen LogP contribution in [0.25, 0.3) is 33.5 Å². The normalized spacial score (nSPS) is 17.3. The summed E-state index contributed by atoms with van der Waals surface area (Å²) in [5.41, 5.74) is 6.56. The number of hydrogen-bond acceptors (Lipinski definition) is 5. The average molecular weight is 461 g/mol. The van der Waals surface area contributed by atoms with E-state index in [4.69, 9.17) is 4.98 Å². The summed E-state index contributed by atoms with van der Waals surface area (Å²) in [6, 6.07) is 9.52. The average Bonchev–Trinajstić information content (AvgIpc) is 3.42. The third kappa shape index (κ3) is 3.49. The maximum Gasteiger partial charge on any atom is 0.165 e. The molecule has 2 aromatic heterocycles. The minimum Gasteiger partial charge on any atom is -0.505 e. The Bertz CT molecular complexity index is 1370. The first-order chi connectivity index (χ1) is 16.5. The van der Waals surface area contributed by atoms with Crippen molar-refractivity contribution >= 4 is 10.9 Å². The molecular weight excluding hydrogens is 431 g/mol. The Balaban J connectivity index is 1.29. The van der Waals surface area contributed by atoms with Gasteiger partial charge in [0.1, 0.15) is 5.69 Å². The van der Waals surface area contributed by atoms with Crippen molar-refractivity contribution in [3.05, 3.63) is 53.1 Å². The molecule has 2 aromatic carbocycles. The van der Waals surface area contributed by atoms with Gasteiger partial charge in [-0.05, 0) is 53.9 Å². The van der Waals surface area contributed by atoms with Crippen LogP contribution in [0, 0.1) is 5.82 Å². The quantitative estimate of drug-likeness (QED) is 0.418. The molecule has 4 heterocycles. The van der Waals surface area contributed by atoms with Gasteiger partial charge >= 0.3 is 0 Å². The van der Waals surface area contributed by atoms with Gasteiger partial charge in [0.15, 0.2) is 17.4 Å². The monoisotopic (exact) mass is 460 g/mol. The van der Waals surface area contributed by atoms with Crippen LogP contribution in [0.3, 0.4) is 0 Å². The van der Waals surface area contributed by atoms with Gasteiger partial charge in [0.2, 0.25) is 0 Å². The number of imidazole rings is 1. The van der Waals surface area contributed by atoms with Crippen molar-refractivity contribution in [2.45, 2.75) is 39.3 Å². The van der Waals surface area contributed by atoms with E-state index >= 15 is 0 Å². The maximum absolute atomic E-state index is 14.1. The van der Waals surface area contributed by atoms with E-state index in [1.165, 1.54) is 17.8 Å². The number of hydrogen-bond donors (Lipinski definition) is 3. The van der Waals surface area contributed by atoms with E-state index in [-0.39, 0.29) is 5.75 Å². The second kappa shape index (κ2) is 8.21. The largest absolute Gasteiger partial charge is 0.505 e. The summed E-state index contributed by atoms with van der Waals surface area (Å²) in [4.78, 5) is 13.5. The molecular formula is C26H29FN6O. The first-order valence-corrected chi connectivity index (χ1v) is 12.1. The van der Waals surface area contributed by atoms with Crippen LogP contribution in [0.1, 0.15) is 30.8 Å². The minimum atomic E-state index is -0.614. The number of H-pyrrole nitrogens is 2. The molecule has 0 atom stereocenters. The number of likely N-dealkylation sites (tertiary alicyclic amines) is 1. The highest BCUT2D eigenvalue weighted by Crippen LogP contribution is 2.34. The van der Waals surface area contributed by atoms with Crippen LogP contribution in [0.2, 0.25) is 0 Å².